The fourth-order valence-corrected chi connectivity index (χ4v) is 5.48. The van der Waals surface area contributed by atoms with Crippen molar-refractivity contribution in [2.45, 2.75) is 25.1 Å². The van der Waals surface area contributed by atoms with E-state index in [1.807, 2.05) is 24.4 Å². The number of thioether (sulfide) groups is 1. The molecular weight excluding hydrogens is 370 g/mol. The van der Waals surface area contributed by atoms with E-state index in [1.165, 1.54) is 23.5 Å². The Morgan fingerprint density at radius 2 is 2.07 bits per heavy atom. The molecule has 0 saturated carbocycles. The van der Waals surface area contributed by atoms with Crippen LogP contribution in [0.15, 0.2) is 48.8 Å². The van der Waals surface area contributed by atoms with Crippen molar-refractivity contribution in [3.05, 3.63) is 59.9 Å². The van der Waals surface area contributed by atoms with E-state index in [0.29, 0.717) is 6.61 Å². The fraction of sp³-hybridized carbons (Fsp3) is 0.500. The number of para-hydroxylation sites is 1. The molecule has 1 unspecified atom stereocenters. The zero-order valence-corrected chi connectivity index (χ0v) is 17.1. The lowest BCUT2D eigenvalue weighted by atomic mass is 9.95. The lowest BCUT2D eigenvalue weighted by Gasteiger charge is -2.43. The van der Waals surface area contributed by atoms with Gasteiger partial charge in [0, 0.05) is 61.0 Å². The second kappa shape index (κ2) is 9.74. The molecule has 1 N–H and O–H groups in total. The van der Waals surface area contributed by atoms with Crippen LogP contribution in [0.1, 0.15) is 17.5 Å². The van der Waals surface area contributed by atoms with E-state index >= 15 is 0 Å². The second-order valence-corrected chi connectivity index (χ2v) is 8.59. The number of ether oxygens (including phenoxy) is 2. The topological polar surface area (TPSA) is 46.6 Å². The Balaban J connectivity index is 1.35. The molecule has 0 spiro atoms. The Labute approximate surface area is 171 Å². The van der Waals surface area contributed by atoms with Gasteiger partial charge in [0.25, 0.3) is 0 Å². The summed E-state index contributed by atoms with van der Waals surface area (Å²) >= 11 is 2.08. The summed E-state index contributed by atoms with van der Waals surface area (Å²) in [5.74, 6) is 3.41. The highest BCUT2D eigenvalue weighted by Gasteiger charge is 2.40. The molecule has 3 heterocycles. The van der Waals surface area contributed by atoms with Crippen LogP contribution in [0.5, 0.6) is 5.75 Å². The molecule has 2 fully saturated rings. The molecule has 0 aliphatic carbocycles. The Bertz CT molecular complexity index is 732. The van der Waals surface area contributed by atoms with Gasteiger partial charge in [-0.3, -0.25) is 9.88 Å². The predicted molar refractivity (Wildman–Crippen MR) is 114 cm³/mol. The van der Waals surface area contributed by atoms with Gasteiger partial charge in [0.05, 0.1) is 13.2 Å². The standard InChI is InChI=1S/C22H29N3O2S/c1-2-6-21(27-16-19-4-3-8-23-14-19)20(5-1)15-24-17-22(7-13-28-18-22)25-9-11-26-12-10-25/h1-6,8,14,24H,7,9-13,15-18H2. The normalized spacial score (nSPS) is 23.0. The monoisotopic (exact) mass is 399 g/mol. The highest BCUT2D eigenvalue weighted by molar-refractivity contribution is 7.99. The van der Waals surface area contributed by atoms with Gasteiger partial charge in [-0.05, 0) is 24.3 Å². The molecule has 6 heteroatoms. The van der Waals surface area contributed by atoms with Gasteiger partial charge in [-0.1, -0.05) is 24.3 Å². The molecule has 2 aliphatic rings. The second-order valence-electron chi connectivity index (χ2n) is 7.49. The minimum atomic E-state index is 0.264. The van der Waals surface area contributed by atoms with Crippen LogP contribution < -0.4 is 10.1 Å². The summed E-state index contributed by atoms with van der Waals surface area (Å²) in [4.78, 5) is 6.80. The van der Waals surface area contributed by atoms with E-state index in [-0.39, 0.29) is 5.54 Å². The molecule has 0 radical (unpaired) electrons. The molecule has 150 valence electrons. The maximum absolute atomic E-state index is 6.08. The van der Waals surface area contributed by atoms with E-state index in [9.17, 15) is 0 Å². The van der Waals surface area contributed by atoms with Crippen LogP contribution in [0.3, 0.4) is 0 Å². The molecule has 4 rings (SSSR count). The molecular formula is C22H29N3O2S. The van der Waals surface area contributed by atoms with Gasteiger partial charge in [0.15, 0.2) is 0 Å². The van der Waals surface area contributed by atoms with E-state index < -0.39 is 0 Å². The van der Waals surface area contributed by atoms with Crippen LogP contribution in [-0.2, 0) is 17.9 Å². The van der Waals surface area contributed by atoms with Crippen molar-refractivity contribution in [2.75, 3.05) is 44.4 Å². The molecule has 2 saturated heterocycles. The van der Waals surface area contributed by atoms with Crippen molar-refractivity contribution in [3.8, 4) is 5.75 Å². The van der Waals surface area contributed by atoms with Crippen molar-refractivity contribution in [2.24, 2.45) is 0 Å². The minimum absolute atomic E-state index is 0.264. The third kappa shape index (κ3) is 4.87. The van der Waals surface area contributed by atoms with Crippen LogP contribution in [0.2, 0.25) is 0 Å². The largest absolute Gasteiger partial charge is 0.489 e. The van der Waals surface area contributed by atoms with Crippen LogP contribution in [0, 0.1) is 0 Å². The molecule has 28 heavy (non-hydrogen) atoms. The van der Waals surface area contributed by atoms with Crippen LogP contribution in [0.4, 0.5) is 0 Å². The molecule has 1 atom stereocenters. The summed E-state index contributed by atoms with van der Waals surface area (Å²) in [5.41, 5.74) is 2.55. The van der Waals surface area contributed by atoms with Gasteiger partial charge < -0.3 is 14.8 Å². The number of nitrogens with zero attached hydrogens (tertiary/aromatic N) is 2. The zero-order valence-electron chi connectivity index (χ0n) is 16.3. The molecule has 2 aliphatic heterocycles. The first kappa shape index (κ1) is 19.7. The molecule has 0 bridgehead atoms. The molecule has 0 amide bonds. The van der Waals surface area contributed by atoms with Crippen molar-refractivity contribution < 1.29 is 9.47 Å². The lowest BCUT2D eigenvalue weighted by molar-refractivity contribution is -0.0134. The van der Waals surface area contributed by atoms with E-state index in [1.54, 1.807) is 6.20 Å². The fourth-order valence-electron chi connectivity index (χ4n) is 4.00. The summed E-state index contributed by atoms with van der Waals surface area (Å²) in [6, 6.07) is 12.3. The number of aromatic nitrogens is 1. The SMILES string of the molecule is c1cncc(COc2ccccc2CNCC2(N3CCOCC3)CCSC2)c1. The molecule has 1 aromatic carbocycles. The summed E-state index contributed by atoms with van der Waals surface area (Å²) in [5, 5.41) is 3.73. The summed E-state index contributed by atoms with van der Waals surface area (Å²) in [7, 11) is 0. The lowest BCUT2D eigenvalue weighted by Crippen LogP contribution is -2.58. The quantitative estimate of drug-likeness (QED) is 0.736. The van der Waals surface area contributed by atoms with Crippen LogP contribution in [-0.4, -0.2) is 59.8 Å². The van der Waals surface area contributed by atoms with Gasteiger partial charge in [0.1, 0.15) is 12.4 Å². The predicted octanol–water partition coefficient (Wildman–Crippen LogP) is 2.96. The third-order valence-electron chi connectivity index (χ3n) is 5.62. The molecule has 5 nitrogen and oxygen atoms in total. The number of benzene rings is 1. The van der Waals surface area contributed by atoms with Crippen molar-refractivity contribution in [1.29, 1.82) is 0 Å². The maximum atomic E-state index is 6.08. The van der Waals surface area contributed by atoms with Crippen molar-refractivity contribution in [1.82, 2.24) is 15.2 Å². The summed E-state index contributed by atoms with van der Waals surface area (Å²) < 4.78 is 11.6. The number of rotatable bonds is 8. The third-order valence-corrected chi connectivity index (χ3v) is 6.86. The van der Waals surface area contributed by atoms with E-state index in [4.69, 9.17) is 9.47 Å². The zero-order chi connectivity index (χ0) is 19.1. The van der Waals surface area contributed by atoms with Crippen LogP contribution in [0.25, 0.3) is 0 Å². The highest BCUT2D eigenvalue weighted by atomic mass is 32.2. The van der Waals surface area contributed by atoms with Gasteiger partial charge in [0.2, 0.25) is 0 Å². The summed E-state index contributed by atoms with van der Waals surface area (Å²) in [6.45, 7) is 6.19. The van der Waals surface area contributed by atoms with Gasteiger partial charge in [-0.15, -0.1) is 0 Å². The Morgan fingerprint density at radius 1 is 1.18 bits per heavy atom. The molecule has 1 aromatic heterocycles. The van der Waals surface area contributed by atoms with Crippen LogP contribution >= 0.6 is 11.8 Å². The smallest absolute Gasteiger partial charge is 0.124 e. The first-order valence-corrected chi connectivity index (χ1v) is 11.2. The maximum Gasteiger partial charge on any atom is 0.124 e. The first-order valence-electron chi connectivity index (χ1n) is 10.1. The highest BCUT2D eigenvalue weighted by Crippen LogP contribution is 2.33. The summed E-state index contributed by atoms with van der Waals surface area (Å²) in [6.07, 6.45) is 4.89. The van der Waals surface area contributed by atoms with Gasteiger partial charge >= 0.3 is 0 Å². The van der Waals surface area contributed by atoms with Gasteiger partial charge in [-0.25, -0.2) is 0 Å². The number of hydrogen-bond donors (Lipinski definition) is 1. The number of hydrogen-bond acceptors (Lipinski definition) is 6. The minimum Gasteiger partial charge on any atom is -0.489 e. The Morgan fingerprint density at radius 3 is 2.86 bits per heavy atom. The first-order chi connectivity index (χ1) is 13.9. The number of pyridine rings is 1. The number of morpholine rings is 1. The Hall–Kier alpha value is -1.60. The van der Waals surface area contributed by atoms with Crippen molar-refractivity contribution in [3.63, 3.8) is 0 Å². The average Bonchev–Trinajstić information content (AvgIpc) is 3.24. The van der Waals surface area contributed by atoms with Gasteiger partial charge in [-0.2, -0.15) is 11.8 Å². The average molecular weight is 400 g/mol. The van der Waals surface area contributed by atoms with E-state index in [0.717, 1.165) is 50.7 Å². The molecule has 2 aromatic rings. The van der Waals surface area contributed by atoms with Crippen molar-refractivity contribution >= 4 is 11.8 Å². The van der Waals surface area contributed by atoms with E-state index in [2.05, 4.69) is 45.2 Å². The number of nitrogens with one attached hydrogen (secondary N) is 1. The Kier molecular flexibility index (Phi) is 6.86.